The molecule has 3 heterocycles. The number of thiophene rings is 1. The molecule has 3 aromatic rings. The van der Waals surface area contributed by atoms with E-state index in [2.05, 4.69) is 15.4 Å². The number of hydrogen-bond acceptors (Lipinski definition) is 8. The third-order valence-electron chi connectivity index (χ3n) is 3.39. The zero-order chi connectivity index (χ0) is 18.7. The second kappa shape index (κ2) is 7.75. The third-order valence-corrected chi connectivity index (χ3v) is 5.24. The topological polar surface area (TPSA) is 103 Å². The summed E-state index contributed by atoms with van der Waals surface area (Å²) in [5, 5.41) is 9.46. The fraction of sp³-hybridized carbons (Fsp3) is 0.312. The van der Waals surface area contributed by atoms with Gasteiger partial charge in [-0.05, 0) is 25.3 Å². The maximum Gasteiger partial charge on any atom is 0.325 e. The number of rotatable bonds is 6. The molecule has 136 valence electrons. The smallest absolute Gasteiger partial charge is 0.325 e. The minimum absolute atomic E-state index is 0.236. The Balaban J connectivity index is 1.91. The van der Waals surface area contributed by atoms with Gasteiger partial charge >= 0.3 is 5.97 Å². The van der Waals surface area contributed by atoms with E-state index in [1.165, 1.54) is 22.7 Å². The van der Waals surface area contributed by atoms with Crippen molar-refractivity contribution in [3.8, 4) is 10.6 Å². The minimum atomic E-state index is -0.536. The van der Waals surface area contributed by atoms with Crippen molar-refractivity contribution in [1.29, 1.82) is 0 Å². The van der Waals surface area contributed by atoms with Crippen LogP contribution in [0.2, 0.25) is 0 Å². The molecule has 3 aromatic heterocycles. The van der Waals surface area contributed by atoms with Crippen molar-refractivity contribution in [2.45, 2.75) is 20.4 Å². The summed E-state index contributed by atoms with van der Waals surface area (Å²) in [6.45, 7) is 3.18. The van der Waals surface area contributed by atoms with Gasteiger partial charge in [-0.1, -0.05) is 6.07 Å². The Morgan fingerprint density at radius 1 is 1.38 bits per heavy atom. The number of nitrogens with one attached hydrogen (secondary N) is 1. The molecule has 10 heteroatoms. The summed E-state index contributed by atoms with van der Waals surface area (Å²) in [4.78, 5) is 41.2. The molecule has 0 bridgehead atoms. The Labute approximate surface area is 156 Å². The summed E-state index contributed by atoms with van der Waals surface area (Å²) in [5.74, 6) is -1.04. The molecule has 0 unspecified atom stereocenters. The highest BCUT2D eigenvalue weighted by atomic mass is 32.1. The SMILES string of the molecule is CCOC(=O)CNC(=O)Cn1nc(-c2cccs2)c2sc(C)nc2c1=O. The second-order valence-corrected chi connectivity index (χ2v) is 7.43. The van der Waals surface area contributed by atoms with Crippen LogP contribution in [0.15, 0.2) is 22.3 Å². The van der Waals surface area contributed by atoms with Crippen molar-refractivity contribution in [2.75, 3.05) is 13.2 Å². The molecular weight excluding hydrogens is 376 g/mol. The van der Waals surface area contributed by atoms with Crippen LogP contribution >= 0.6 is 22.7 Å². The molecule has 26 heavy (non-hydrogen) atoms. The predicted molar refractivity (Wildman–Crippen MR) is 99.4 cm³/mol. The number of nitrogens with zero attached hydrogens (tertiary/aromatic N) is 3. The van der Waals surface area contributed by atoms with E-state index in [1.54, 1.807) is 6.92 Å². The van der Waals surface area contributed by atoms with E-state index in [0.29, 0.717) is 15.9 Å². The first-order valence-electron chi connectivity index (χ1n) is 7.84. The van der Waals surface area contributed by atoms with E-state index in [9.17, 15) is 14.4 Å². The van der Waals surface area contributed by atoms with E-state index >= 15 is 0 Å². The highest BCUT2D eigenvalue weighted by Gasteiger charge is 2.18. The number of carbonyl (C=O) groups is 2. The Morgan fingerprint density at radius 3 is 2.88 bits per heavy atom. The number of aromatic nitrogens is 3. The fourth-order valence-corrected chi connectivity index (χ4v) is 4.01. The van der Waals surface area contributed by atoms with Gasteiger partial charge in [0, 0.05) is 0 Å². The quantitative estimate of drug-likeness (QED) is 0.639. The van der Waals surface area contributed by atoms with E-state index in [4.69, 9.17) is 4.74 Å². The van der Waals surface area contributed by atoms with Gasteiger partial charge in [0.25, 0.3) is 5.56 Å². The molecule has 0 aliphatic rings. The van der Waals surface area contributed by atoms with Crippen LogP contribution in [0.3, 0.4) is 0 Å². The van der Waals surface area contributed by atoms with Crippen molar-refractivity contribution >= 4 is 44.8 Å². The molecule has 0 aliphatic heterocycles. The number of fused-ring (bicyclic) bond motifs is 1. The van der Waals surface area contributed by atoms with E-state index in [-0.39, 0.29) is 19.7 Å². The fourth-order valence-electron chi connectivity index (χ4n) is 2.32. The third kappa shape index (κ3) is 3.81. The zero-order valence-electron chi connectivity index (χ0n) is 14.1. The van der Waals surface area contributed by atoms with Crippen molar-refractivity contribution < 1.29 is 14.3 Å². The van der Waals surface area contributed by atoms with Gasteiger partial charge in [0.15, 0.2) is 5.52 Å². The summed E-state index contributed by atoms with van der Waals surface area (Å²) in [5.41, 5.74) is 0.485. The molecular formula is C16H16N4O4S2. The van der Waals surface area contributed by atoms with Crippen molar-refractivity contribution in [1.82, 2.24) is 20.1 Å². The van der Waals surface area contributed by atoms with Crippen LogP contribution in [-0.2, 0) is 20.9 Å². The first-order chi connectivity index (χ1) is 12.5. The molecule has 1 N–H and O–H groups in total. The second-order valence-electron chi connectivity index (χ2n) is 5.28. The number of aryl methyl sites for hydroxylation is 1. The lowest BCUT2D eigenvalue weighted by Crippen LogP contribution is -2.36. The monoisotopic (exact) mass is 392 g/mol. The average molecular weight is 392 g/mol. The summed E-state index contributed by atoms with van der Waals surface area (Å²) >= 11 is 2.89. The Bertz CT molecular complexity index is 1010. The Kier molecular flexibility index (Phi) is 5.43. The molecule has 0 saturated heterocycles. The van der Waals surface area contributed by atoms with Gasteiger partial charge in [-0.3, -0.25) is 14.4 Å². The Morgan fingerprint density at radius 2 is 2.19 bits per heavy atom. The highest BCUT2D eigenvalue weighted by molar-refractivity contribution is 7.20. The predicted octanol–water partition coefficient (Wildman–Crippen LogP) is 1.57. The summed E-state index contributed by atoms with van der Waals surface area (Å²) < 4.78 is 6.54. The Hall–Kier alpha value is -2.59. The molecule has 0 aliphatic carbocycles. The van der Waals surface area contributed by atoms with E-state index in [1.807, 2.05) is 24.4 Å². The van der Waals surface area contributed by atoms with Gasteiger partial charge < -0.3 is 10.1 Å². The zero-order valence-corrected chi connectivity index (χ0v) is 15.8. The average Bonchev–Trinajstić information content (AvgIpc) is 3.25. The molecule has 0 fully saturated rings. The van der Waals surface area contributed by atoms with Crippen LogP contribution < -0.4 is 10.9 Å². The normalized spacial score (nSPS) is 10.8. The molecule has 0 spiro atoms. The molecule has 0 aromatic carbocycles. The molecule has 0 atom stereocenters. The van der Waals surface area contributed by atoms with Crippen LogP contribution in [0.25, 0.3) is 20.8 Å². The molecule has 0 saturated carbocycles. The van der Waals surface area contributed by atoms with Crippen molar-refractivity contribution in [3.05, 3.63) is 32.9 Å². The largest absolute Gasteiger partial charge is 0.465 e. The van der Waals surface area contributed by atoms with Crippen molar-refractivity contribution in [3.63, 3.8) is 0 Å². The molecule has 0 radical (unpaired) electrons. The van der Waals surface area contributed by atoms with Crippen molar-refractivity contribution in [2.24, 2.45) is 0 Å². The van der Waals surface area contributed by atoms with Gasteiger partial charge in [0.1, 0.15) is 18.8 Å². The number of amides is 1. The van der Waals surface area contributed by atoms with E-state index < -0.39 is 17.4 Å². The summed E-state index contributed by atoms with van der Waals surface area (Å²) in [6, 6.07) is 3.79. The number of thiazole rings is 1. The van der Waals surface area contributed by atoms with Crippen LogP contribution in [0.4, 0.5) is 0 Å². The van der Waals surface area contributed by atoms with Crippen LogP contribution in [-0.4, -0.2) is 39.8 Å². The summed E-state index contributed by atoms with van der Waals surface area (Å²) in [7, 11) is 0. The number of esters is 1. The van der Waals surface area contributed by atoms with Gasteiger partial charge in [-0.15, -0.1) is 22.7 Å². The molecule has 8 nitrogen and oxygen atoms in total. The van der Waals surface area contributed by atoms with Crippen LogP contribution in [0.1, 0.15) is 11.9 Å². The molecule has 3 rings (SSSR count). The lowest BCUT2D eigenvalue weighted by atomic mass is 10.3. The van der Waals surface area contributed by atoms with Gasteiger partial charge in [-0.2, -0.15) is 5.10 Å². The van der Waals surface area contributed by atoms with E-state index in [0.717, 1.165) is 14.6 Å². The maximum atomic E-state index is 12.6. The van der Waals surface area contributed by atoms with Gasteiger partial charge in [0.05, 0.1) is 21.2 Å². The number of ether oxygens (including phenoxy) is 1. The highest BCUT2D eigenvalue weighted by Crippen LogP contribution is 2.31. The van der Waals surface area contributed by atoms with Gasteiger partial charge in [-0.25, -0.2) is 9.67 Å². The molecule has 1 amide bonds. The van der Waals surface area contributed by atoms with Crippen LogP contribution in [0.5, 0.6) is 0 Å². The maximum absolute atomic E-state index is 12.6. The first-order valence-corrected chi connectivity index (χ1v) is 9.53. The van der Waals surface area contributed by atoms with Crippen LogP contribution in [0, 0.1) is 6.92 Å². The lowest BCUT2D eigenvalue weighted by Gasteiger charge is -2.08. The number of carbonyl (C=O) groups excluding carboxylic acids is 2. The van der Waals surface area contributed by atoms with Gasteiger partial charge in [0.2, 0.25) is 5.91 Å². The summed E-state index contributed by atoms with van der Waals surface area (Å²) in [6.07, 6.45) is 0. The standard InChI is InChI=1S/C16H16N4O4S2/c1-3-24-12(22)7-17-11(21)8-20-16(23)14-15(26-9(2)18-14)13(19-20)10-5-4-6-25-10/h4-6H,3,7-8H2,1-2H3,(H,17,21). The lowest BCUT2D eigenvalue weighted by molar-refractivity contribution is -0.143. The first kappa shape index (κ1) is 18.2. The minimum Gasteiger partial charge on any atom is -0.465 e. The number of hydrogen-bond donors (Lipinski definition) is 1.